The van der Waals surface area contributed by atoms with Crippen molar-refractivity contribution in [2.24, 2.45) is 23.7 Å². The molecule has 0 bridgehead atoms. The van der Waals surface area contributed by atoms with E-state index >= 15 is 0 Å². The van der Waals surface area contributed by atoms with Crippen molar-refractivity contribution >= 4 is 0 Å². The zero-order chi connectivity index (χ0) is 20.4. The predicted molar refractivity (Wildman–Crippen MR) is 119 cm³/mol. The van der Waals surface area contributed by atoms with E-state index in [9.17, 15) is 10.2 Å². The average Bonchev–Trinajstić information content (AvgIpc) is 2.75. The highest BCUT2D eigenvalue weighted by molar-refractivity contribution is 5.43. The third-order valence-electron chi connectivity index (χ3n) is 8.06. The maximum absolute atomic E-state index is 9.81. The molecule has 2 heteroatoms. The first-order valence-electron chi connectivity index (χ1n) is 11.6. The van der Waals surface area contributed by atoms with Crippen molar-refractivity contribution in [2.75, 3.05) is 0 Å². The molecule has 156 valence electrons. The molecule has 2 aromatic rings. The molecule has 0 saturated heterocycles. The third kappa shape index (κ3) is 4.04. The molecule has 0 radical (unpaired) electrons. The fourth-order valence-corrected chi connectivity index (χ4v) is 6.47. The van der Waals surface area contributed by atoms with Gasteiger partial charge in [-0.05, 0) is 97.6 Å². The summed E-state index contributed by atoms with van der Waals surface area (Å²) in [6, 6.07) is 15.7. The smallest absolute Gasteiger partial charge is 0.115 e. The normalized spacial score (nSPS) is 25.2. The maximum atomic E-state index is 9.81. The standard InChI is InChI=1S/C27H36O2/c1-19(2)25-5-3-4-6-26(25)20-15-17-27(18-16-20,21-7-11-23(28)12-8-21)22-9-13-24(29)14-10-22/h7-14,19-20,25-26,28-29H,3-6,15-18H2,1-2H3. The molecule has 2 atom stereocenters. The summed E-state index contributed by atoms with van der Waals surface area (Å²) in [6.07, 6.45) is 10.5. The van der Waals surface area contributed by atoms with Gasteiger partial charge in [-0.3, -0.25) is 0 Å². The van der Waals surface area contributed by atoms with Gasteiger partial charge in [0.1, 0.15) is 11.5 Å². The van der Waals surface area contributed by atoms with Crippen LogP contribution < -0.4 is 0 Å². The Balaban J connectivity index is 1.61. The third-order valence-corrected chi connectivity index (χ3v) is 8.06. The molecule has 2 fully saturated rings. The van der Waals surface area contributed by atoms with E-state index in [1.54, 1.807) is 0 Å². The predicted octanol–water partition coefficient (Wildman–Crippen LogP) is 7.04. The van der Waals surface area contributed by atoms with Gasteiger partial charge in [0, 0.05) is 5.41 Å². The molecule has 2 unspecified atom stereocenters. The van der Waals surface area contributed by atoms with E-state index in [4.69, 9.17) is 0 Å². The first kappa shape index (κ1) is 20.3. The summed E-state index contributed by atoms with van der Waals surface area (Å²) in [6.45, 7) is 4.84. The Kier molecular flexibility index (Phi) is 5.90. The Morgan fingerprint density at radius 2 is 1.21 bits per heavy atom. The number of hydrogen-bond acceptors (Lipinski definition) is 2. The van der Waals surface area contributed by atoms with Crippen LogP contribution >= 0.6 is 0 Å². The van der Waals surface area contributed by atoms with Gasteiger partial charge in [0.05, 0.1) is 0 Å². The highest BCUT2D eigenvalue weighted by atomic mass is 16.3. The van der Waals surface area contributed by atoms with E-state index in [-0.39, 0.29) is 5.41 Å². The minimum atomic E-state index is -0.0140. The van der Waals surface area contributed by atoms with Gasteiger partial charge < -0.3 is 10.2 Å². The number of hydrogen-bond donors (Lipinski definition) is 2. The Morgan fingerprint density at radius 1 is 0.724 bits per heavy atom. The molecule has 2 aliphatic rings. The van der Waals surface area contributed by atoms with Crippen LogP contribution in [0.4, 0.5) is 0 Å². The molecule has 4 rings (SSSR count). The summed E-state index contributed by atoms with van der Waals surface area (Å²) in [5.41, 5.74) is 2.58. The second kappa shape index (κ2) is 8.42. The molecule has 0 spiro atoms. The van der Waals surface area contributed by atoms with Crippen molar-refractivity contribution in [3.8, 4) is 11.5 Å². The molecule has 0 aromatic heterocycles. The largest absolute Gasteiger partial charge is 0.508 e. The molecule has 29 heavy (non-hydrogen) atoms. The van der Waals surface area contributed by atoms with E-state index in [1.165, 1.54) is 49.7 Å². The highest BCUT2D eigenvalue weighted by Gasteiger charge is 2.42. The monoisotopic (exact) mass is 392 g/mol. The first-order valence-corrected chi connectivity index (χ1v) is 11.6. The number of rotatable bonds is 4. The molecule has 2 aromatic carbocycles. The van der Waals surface area contributed by atoms with Crippen LogP contribution in [0.2, 0.25) is 0 Å². The quantitative estimate of drug-likeness (QED) is 0.586. The lowest BCUT2D eigenvalue weighted by molar-refractivity contribution is 0.0837. The van der Waals surface area contributed by atoms with Crippen LogP contribution in [0.15, 0.2) is 48.5 Å². The molecular formula is C27H36O2. The van der Waals surface area contributed by atoms with E-state index in [1.807, 2.05) is 24.3 Å². The summed E-state index contributed by atoms with van der Waals surface area (Å²) in [5.74, 6) is 4.06. The van der Waals surface area contributed by atoms with Gasteiger partial charge in [-0.25, -0.2) is 0 Å². The second-order valence-corrected chi connectivity index (χ2v) is 9.87. The maximum Gasteiger partial charge on any atom is 0.115 e. The number of phenolic OH excluding ortho intramolecular Hbond substituents is 2. The van der Waals surface area contributed by atoms with E-state index in [2.05, 4.69) is 38.1 Å². The molecule has 0 aliphatic heterocycles. The average molecular weight is 393 g/mol. The van der Waals surface area contributed by atoms with Gasteiger partial charge in [-0.2, -0.15) is 0 Å². The lowest BCUT2D eigenvalue weighted by atomic mass is 9.58. The van der Waals surface area contributed by atoms with Crippen LogP contribution in [-0.2, 0) is 5.41 Å². The lowest BCUT2D eigenvalue weighted by Crippen LogP contribution is -2.38. The zero-order valence-electron chi connectivity index (χ0n) is 18.0. The van der Waals surface area contributed by atoms with E-state index in [0.29, 0.717) is 11.5 Å². The fourth-order valence-electron chi connectivity index (χ4n) is 6.47. The summed E-state index contributed by atoms with van der Waals surface area (Å²) < 4.78 is 0. The summed E-state index contributed by atoms with van der Waals surface area (Å²) in [4.78, 5) is 0. The van der Waals surface area contributed by atoms with Gasteiger partial charge in [0.15, 0.2) is 0 Å². The second-order valence-electron chi connectivity index (χ2n) is 9.87. The topological polar surface area (TPSA) is 40.5 Å². The molecule has 0 amide bonds. The molecule has 2 aliphatic carbocycles. The van der Waals surface area contributed by atoms with Crippen LogP contribution in [0.5, 0.6) is 11.5 Å². The Morgan fingerprint density at radius 3 is 1.69 bits per heavy atom. The van der Waals surface area contributed by atoms with Crippen molar-refractivity contribution in [1.29, 1.82) is 0 Å². The molecule has 2 saturated carbocycles. The van der Waals surface area contributed by atoms with Crippen LogP contribution in [0, 0.1) is 23.7 Å². The molecule has 2 N–H and O–H groups in total. The van der Waals surface area contributed by atoms with Gasteiger partial charge in [-0.1, -0.05) is 51.0 Å². The summed E-state index contributed by atoms with van der Waals surface area (Å²) >= 11 is 0. The molecular weight excluding hydrogens is 356 g/mol. The van der Waals surface area contributed by atoms with Crippen LogP contribution in [-0.4, -0.2) is 10.2 Å². The van der Waals surface area contributed by atoms with Gasteiger partial charge in [0.25, 0.3) is 0 Å². The molecule has 2 nitrogen and oxygen atoms in total. The van der Waals surface area contributed by atoms with Crippen molar-refractivity contribution in [3.63, 3.8) is 0 Å². The van der Waals surface area contributed by atoms with Crippen molar-refractivity contribution < 1.29 is 10.2 Å². The number of aromatic hydroxyl groups is 2. The van der Waals surface area contributed by atoms with Crippen LogP contribution in [0.3, 0.4) is 0 Å². The van der Waals surface area contributed by atoms with E-state index < -0.39 is 0 Å². The fraction of sp³-hybridized carbons (Fsp3) is 0.556. The zero-order valence-corrected chi connectivity index (χ0v) is 18.0. The SMILES string of the molecule is CC(C)C1CCCCC1C1CCC(c2ccc(O)cc2)(c2ccc(O)cc2)CC1. The summed E-state index contributed by atoms with van der Waals surface area (Å²) in [5, 5.41) is 19.6. The Bertz CT molecular complexity index is 735. The van der Waals surface area contributed by atoms with Crippen LogP contribution in [0.1, 0.15) is 76.3 Å². The van der Waals surface area contributed by atoms with Gasteiger partial charge in [-0.15, -0.1) is 0 Å². The van der Waals surface area contributed by atoms with Crippen LogP contribution in [0.25, 0.3) is 0 Å². The number of benzene rings is 2. The van der Waals surface area contributed by atoms with Gasteiger partial charge in [0.2, 0.25) is 0 Å². The first-order chi connectivity index (χ1) is 14.0. The molecule has 0 heterocycles. The van der Waals surface area contributed by atoms with E-state index in [0.717, 1.165) is 36.5 Å². The van der Waals surface area contributed by atoms with Crippen molar-refractivity contribution in [3.05, 3.63) is 59.7 Å². The van der Waals surface area contributed by atoms with Crippen molar-refractivity contribution in [1.82, 2.24) is 0 Å². The van der Waals surface area contributed by atoms with Crippen molar-refractivity contribution in [2.45, 2.75) is 70.6 Å². The highest BCUT2D eigenvalue weighted by Crippen LogP contribution is 2.51. The summed E-state index contributed by atoms with van der Waals surface area (Å²) in [7, 11) is 0. The minimum Gasteiger partial charge on any atom is -0.508 e. The van der Waals surface area contributed by atoms with Gasteiger partial charge >= 0.3 is 0 Å². The number of phenols is 2. The Hall–Kier alpha value is -1.96. The Labute approximate surface area is 176 Å². The lowest BCUT2D eigenvalue weighted by Gasteiger charge is -2.47. The minimum absolute atomic E-state index is 0.0140.